The number of ether oxygens (including phenoxy) is 1. The maximum Gasteiger partial charge on any atom is 0.236 e. The Morgan fingerprint density at radius 2 is 1.85 bits per heavy atom. The first-order valence-corrected chi connectivity index (χ1v) is 9.53. The first-order chi connectivity index (χ1) is 13.1. The van der Waals surface area contributed by atoms with Crippen LogP contribution in [0.15, 0.2) is 48.5 Å². The highest BCUT2D eigenvalue weighted by molar-refractivity contribution is 6.30. The number of hydrogen-bond donors (Lipinski definition) is 0. The number of methoxy groups -OCH3 is 1. The fourth-order valence-electron chi connectivity index (χ4n) is 3.35. The molecule has 1 saturated heterocycles. The number of benzene rings is 2. The molecule has 0 N–H and O–H groups in total. The van der Waals surface area contributed by atoms with E-state index < -0.39 is 0 Å². The predicted molar refractivity (Wildman–Crippen MR) is 110 cm³/mol. The van der Waals surface area contributed by atoms with Crippen molar-refractivity contribution in [2.75, 3.05) is 51.8 Å². The normalized spacial score (nSPS) is 14.9. The van der Waals surface area contributed by atoms with Crippen LogP contribution in [-0.4, -0.2) is 62.6 Å². The third-order valence-corrected chi connectivity index (χ3v) is 5.13. The summed E-state index contributed by atoms with van der Waals surface area (Å²) in [5.41, 5.74) is 2.16. The van der Waals surface area contributed by atoms with Crippen LogP contribution in [0.2, 0.25) is 5.02 Å². The fraction of sp³-hybridized carbons (Fsp3) is 0.381. The van der Waals surface area contributed by atoms with Gasteiger partial charge in [-0.15, -0.1) is 0 Å². The van der Waals surface area contributed by atoms with Crippen molar-refractivity contribution in [3.63, 3.8) is 0 Å². The number of nitrogens with zero attached hydrogens (tertiary/aromatic N) is 3. The SMILES string of the molecule is COc1ccccc1N1CCN(CC(=O)N(C)Cc2cccc(Cl)c2)CC1. The topological polar surface area (TPSA) is 36.0 Å². The van der Waals surface area contributed by atoms with E-state index in [1.54, 1.807) is 12.0 Å². The van der Waals surface area contributed by atoms with E-state index in [-0.39, 0.29) is 5.91 Å². The zero-order valence-electron chi connectivity index (χ0n) is 15.9. The standard InChI is InChI=1S/C21H26ClN3O2/c1-23(15-17-6-5-7-18(22)14-17)21(26)16-24-10-12-25(13-11-24)19-8-3-4-9-20(19)27-2/h3-9,14H,10-13,15-16H2,1-2H3. The maximum absolute atomic E-state index is 12.6. The van der Waals surface area contributed by atoms with Gasteiger partial charge in [0, 0.05) is 44.8 Å². The third-order valence-electron chi connectivity index (χ3n) is 4.89. The summed E-state index contributed by atoms with van der Waals surface area (Å²) in [6, 6.07) is 15.7. The third kappa shape index (κ3) is 5.15. The molecule has 0 unspecified atom stereocenters. The number of para-hydroxylation sites is 2. The van der Waals surface area contributed by atoms with Gasteiger partial charge in [-0.3, -0.25) is 9.69 Å². The Balaban J connectivity index is 1.50. The molecule has 1 aliphatic rings. The van der Waals surface area contributed by atoms with E-state index in [0.29, 0.717) is 18.1 Å². The Morgan fingerprint density at radius 3 is 2.56 bits per heavy atom. The lowest BCUT2D eigenvalue weighted by atomic mass is 10.2. The van der Waals surface area contributed by atoms with Crippen LogP contribution in [0.3, 0.4) is 0 Å². The molecule has 1 heterocycles. The van der Waals surface area contributed by atoms with Crippen molar-refractivity contribution in [2.45, 2.75) is 6.54 Å². The van der Waals surface area contributed by atoms with Crippen molar-refractivity contribution in [1.82, 2.24) is 9.80 Å². The van der Waals surface area contributed by atoms with Crippen molar-refractivity contribution in [1.29, 1.82) is 0 Å². The van der Waals surface area contributed by atoms with E-state index >= 15 is 0 Å². The monoisotopic (exact) mass is 387 g/mol. The second-order valence-corrected chi connectivity index (χ2v) is 7.25. The van der Waals surface area contributed by atoms with Gasteiger partial charge < -0.3 is 14.5 Å². The first-order valence-electron chi connectivity index (χ1n) is 9.15. The fourth-order valence-corrected chi connectivity index (χ4v) is 3.56. The zero-order valence-corrected chi connectivity index (χ0v) is 16.7. The van der Waals surface area contributed by atoms with Crippen LogP contribution in [0.1, 0.15) is 5.56 Å². The van der Waals surface area contributed by atoms with Gasteiger partial charge in [-0.05, 0) is 29.8 Å². The molecular formula is C21H26ClN3O2. The molecular weight excluding hydrogens is 362 g/mol. The van der Waals surface area contributed by atoms with E-state index in [1.807, 2.05) is 49.5 Å². The van der Waals surface area contributed by atoms with Crippen LogP contribution in [0.25, 0.3) is 0 Å². The summed E-state index contributed by atoms with van der Waals surface area (Å²) >= 11 is 6.02. The molecule has 3 rings (SSSR count). The molecule has 0 bridgehead atoms. The summed E-state index contributed by atoms with van der Waals surface area (Å²) < 4.78 is 5.46. The quantitative estimate of drug-likeness (QED) is 0.763. The van der Waals surface area contributed by atoms with Crippen LogP contribution in [0.5, 0.6) is 5.75 Å². The van der Waals surface area contributed by atoms with Gasteiger partial charge in [0.05, 0.1) is 19.3 Å². The molecule has 0 atom stereocenters. The number of carbonyl (C=O) groups excluding carboxylic acids is 1. The lowest BCUT2D eigenvalue weighted by molar-refractivity contribution is -0.131. The molecule has 2 aromatic carbocycles. The number of rotatable bonds is 6. The van der Waals surface area contributed by atoms with Gasteiger partial charge in [-0.25, -0.2) is 0 Å². The second kappa shape index (κ2) is 9.11. The van der Waals surface area contributed by atoms with E-state index in [4.69, 9.17) is 16.3 Å². The van der Waals surface area contributed by atoms with Gasteiger partial charge >= 0.3 is 0 Å². The summed E-state index contributed by atoms with van der Waals surface area (Å²) in [6.45, 7) is 4.48. The number of anilines is 1. The Morgan fingerprint density at radius 1 is 1.11 bits per heavy atom. The molecule has 0 aromatic heterocycles. The summed E-state index contributed by atoms with van der Waals surface area (Å²) in [5.74, 6) is 1.02. The van der Waals surface area contributed by atoms with Gasteiger partial charge in [0.2, 0.25) is 5.91 Å². The van der Waals surface area contributed by atoms with Crippen LogP contribution in [0, 0.1) is 0 Å². The van der Waals surface area contributed by atoms with Crippen LogP contribution < -0.4 is 9.64 Å². The molecule has 6 heteroatoms. The molecule has 0 radical (unpaired) electrons. The van der Waals surface area contributed by atoms with Gasteiger partial charge in [0.1, 0.15) is 5.75 Å². The zero-order chi connectivity index (χ0) is 19.2. The number of piperazine rings is 1. The molecule has 1 amide bonds. The minimum atomic E-state index is 0.126. The molecule has 27 heavy (non-hydrogen) atoms. The van der Waals surface area contributed by atoms with E-state index in [1.165, 1.54) is 0 Å². The molecule has 1 fully saturated rings. The lowest BCUT2D eigenvalue weighted by Gasteiger charge is -2.36. The summed E-state index contributed by atoms with van der Waals surface area (Å²) in [5, 5.41) is 0.695. The Bertz CT molecular complexity index is 776. The van der Waals surface area contributed by atoms with Crippen LogP contribution in [-0.2, 0) is 11.3 Å². The largest absolute Gasteiger partial charge is 0.495 e. The van der Waals surface area contributed by atoms with Gasteiger partial charge in [-0.1, -0.05) is 35.9 Å². The molecule has 5 nitrogen and oxygen atoms in total. The smallest absolute Gasteiger partial charge is 0.236 e. The molecule has 2 aromatic rings. The highest BCUT2D eigenvalue weighted by atomic mass is 35.5. The predicted octanol–water partition coefficient (Wildman–Crippen LogP) is 3.13. The van der Waals surface area contributed by atoms with Crippen molar-refractivity contribution in [3.8, 4) is 5.75 Å². The molecule has 144 valence electrons. The lowest BCUT2D eigenvalue weighted by Crippen LogP contribution is -2.49. The van der Waals surface area contributed by atoms with E-state index in [9.17, 15) is 4.79 Å². The van der Waals surface area contributed by atoms with Crippen molar-refractivity contribution < 1.29 is 9.53 Å². The van der Waals surface area contributed by atoms with Crippen LogP contribution in [0.4, 0.5) is 5.69 Å². The number of carbonyl (C=O) groups is 1. The second-order valence-electron chi connectivity index (χ2n) is 6.81. The number of likely N-dealkylation sites (N-methyl/N-ethyl adjacent to an activating group) is 1. The summed E-state index contributed by atoms with van der Waals surface area (Å²) in [6.07, 6.45) is 0. The van der Waals surface area contributed by atoms with Gasteiger partial charge in [-0.2, -0.15) is 0 Å². The van der Waals surface area contributed by atoms with Crippen molar-refractivity contribution in [3.05, 3.63) is 59.1 Å². The Kier molecular flexibility index (Phi) is 6.58. The molecule has 0 aliphatic carbocycles. The van der Waals surface area contributed by atoms with Gasteiger partial charge in [0.15, 0.2) is 0 Å². The highest BCUT2D eigenvalue weighted by Crippen LogP contribution is 2.28. The maximum atomic E-state index is 12.6. The van der Waals surface area contributed by atoms with Crippen molar-refractivity contribution >= 4 is 23.2 Å². The van der Waals surface area contributed by atoms with Gasteiger partial charge in [0.25, 0.3) is 0 Å². The average Bonchev–Trinajstić information content (AvgIpc) is 2.68. The number of halogens is 1. The molecule has 1 aliphatic heterocycles. The molecule has 0 saturated carbocycles. The molecule has 0 spiro atoms. The summed E-state index contributed by atoms with van der Waals surface area (Å²) in [4.78, 5) is 18.9. The minimum Gasteiger partial charge on any atom is -0.495 e. The highest BCUT2D eigenvalue weighted by Gasteiger charge is 2.22. The number of hydrogen-bond acceptors (Lipinski definition) is 4. The minimum absolute atomic E-state index is 0.126. The average molecular weight is 388 g/mol. The number of amides is 1. The summed E-state index contributed by atoms with van der Waals surface area (Å²) in [7, 11) is 3.54. The van der Waals surface area contributed by atoms with E-state index in [0.717, 1.165) is 43.2 Å². The van der Waals surface area contributed by atoms with E-state index in [2.05, 4.69) is 15.9 Å². The Labute approximate surface area is 166 Å². The Hall–Kier alpha value is -2.24. The van der Waals surface area contributed by atoms with Crippen LogP contribution >= 0.6 is 11.6 Å². The van der Waals surface area contributed by atoms with Crippen molar-refractivity contribution in [2.24, 2.45) is 0 Å². The first kappa shape index (κ1) is 19.5.